The van der Waals surface area contributed by atoms with E-state index < -0.39 is 0 Å². The van der Waals surface area contributed by atoms with Crippen LogP contribution < -0.4 is 5.32 Å². The first-order chi connectivity index (χ1) is 12.7. The van der Waals surface area contributed by atoms with Crippen molar-refractivity contribution in [2.24, 2.45) is 0 Å². The fraction of sp³-hybridized carbons (Fsp3) is 0.200. The van der Waals surface area contributed by atoms with Crippen molar-refractivity contribution >= 4 is 43.9 Å². The Kier molecular flexibility index (Phi) is 4.44. The van der Waals surface area contributed by atoms with Gasteiger partial charge < -0.3 is 10.1 Å². The second-order valence-electron chi connectivity index (χ2n) is 6.14. The normalized spacial score (nSPS) is 11.3. The molecule has 0 aliphatic rings. The van der Waals surface area contributed by atoms with Crippen LogP contribution in [0.3, 0.4) is 0 Å². The number of nitrogens with one attached hydrogen (secondary N) is 1. The highest BCUT2D eigenvalue weighted by molar-refractivity contribution is 7.21. The van der Waals surface area contributed by atoms with Crippen molar-refractivity contribution in [1.82, 2.24) is 9.78 Å². The Morgan fingerprint density at radius 1 is 1.27 bits per heavy atom. The largest absolute Gasteiger partial charge is 0.383 e. The maximum atomic E-state index is 12.8. The van der Waals surface area contributed by atoms with Gasteiger partial charge in [-0.05, 0) is 42.1 Å². The Morgan fingerprint density at radius 2 is 2.12 bits per heavy atom. The summed E-state index contributed by atoms with van der Waals surface area (Å²) in [5, 5.41) is 9.58. The van der Waals surface area contributed by atoms with Gasteiger partial charge in [-0.15, -0.1) is 11.3 Å². The van der Waals surface area contributed by atoms with Crippen molar-refractivity contribution < 1.29 is 9.53 Å². The van der Waals surface area contributed by atoms with Gasteiger partial charge in [0, 0.05) is 22.9 Å². The molecule has 0 spiro atoms. The fourth-order valence-corrected chi connectivity index (χ4v) is 4.19. The SMILES string of the molecule is COCCn1ncc2ccc(NC(=O)c3sc4ccccc4c3C)cc21. The van der Waals surface area contributed by atoms with E-state index in [1.807, 2.05) is 54.2 Å². The minimum absolute atomic E-state index is 0.0778. The lowest BCUT2D eigenvalue weighted by Crippen LogP contribution is -2.11. The van der Waals surface area contributed by atoms with Gasteiger partial charge in [0.15, 0.2) is 0 Å². The maximum Gasteiger partial charge on any atom is 0.266 e. The molecule has 2 heterocycles. The molecule has 0 bridgehead atoms. The highest BCUT2D eigenvalue weighted by atomic mass is 32.1. The molecule has 0 saturated heterocycles. The third kappa shape index (κ3) is 2.98. The summed E-state index contributed by atoms with van der Waals surface area (Å²) in [6.45, 7) is 3.26. The number of hydrogen-bond donors (Lipinski definition) is 1. The lowest BCUT2D eigenvalue weighted by Gasteiger charge is -2.07. The molecule has 0 saturated carbocycles. The maximum absolute atomic E-state index is 12.8. The highest BCUT2D eigenvalue weighted by Crippen LogP contribution is 2.31. The molecule has 26 heavy (non-hydrogen) atoms. The number of amides is 1. The summed E-state index contributed by atoms with van der Waals surface area (Å²) in [4.78, 5) is 13.5. The molecular formula is C20H19N3O2S. The zero-order valence-corrected chi connectivity index (χ0v) is 15.5. The molecule has 6 heteroatoms. The number of nitrogens with zero attached hydrogens (tertiary/aromatic N) is 2. The van der Waals surface area contributed by atoms with Crippen LogP contribution in [0.25, 0.3) is 21.0 Å². The number of methoxy groups -OCH3 is 1. The predicted octanol–water partition coefficient (Wildman–Crippen LogP) is 4.46. The Balaban J connectivity index is 1.63. The van der Waals surface area contributed by atoms with Crippen molar-refractivity contribution in [3.63, 3.8) is 0 Å². The quantitative estimate of drug-likeness (QED) is 0.568. The zero-order chi connectivity index (χ0) is 18.1. The van der Waals surface area contributed by atoms with E-state index in [0.29, 0.717) is 13.2 Å². The van der Waals surface area contributed by atoms with E-state index in [9.17, 15) is 4.79 Å². The van der Waals surface area contributed by atoms with Gasteiger partial charge in [0.1, 0.15) is 0 Å². The number of carbonyl (C=O) groups excluding carboxylic acids is 1. The van der Waals surface area contributed by atoms with Crippen LogP contribution >= 0.6 is 11.3 Å². The lowest BCUT2D eigenvalue weighted by molar-refractivity contribution is 0.103. The van der Waals surface area contributed by atoms with Gasteiger partial charge in [-0.2, -0.15) is 5.10 Å². The molecule has 2 aromatic carbocycles. The number of anilines is 1. The number of rotatable bonds is 5. The number of carbonyl (C=O) groups is 1. The minimum Gasteiger partial charge on any atom is -0.383 e. The summed E-state index contributed by atoms with van der Waals surface area (Å²) >= 11 is 1.52. The van der Waals surface area contributed by atoms with Gasteiger partial charge in [-0.3, -0.25) is 9.48 Å². The molecular weight excluding hydrogens is 346 g/mol. The molecule has 1 N–H and O–H groups in total. The number of aromatic nitrogens is 2. The Hall–Kier alpha value is -2.70. The van der Waals surface area contributed by atoms with Crippen LogP contribution in [0.15, 0.2) is 48.7 Å². The molecule has 0 aliphatic carbocycles. The van der Waals surface area contributed by atoms with E-state index in [1.165, 1.54) is 11.3 Å². The molecule has 0 unspecified atom stereocenters. The predicted molar refractivity (Wildman–Crippen MR) is 106 cm³/mol. The standard InChI is InChI=1S/C20H19N3O2S/c1-13-16-5-3-4-6-18(16)26-19(13)20(24)22-15-8-7-14-12-21-23(9-10-25-2)17(14)11-15/h3-8,11-12H,9-10H2,1-2H3,(H,22,24). The van der Waals surface area contributed by atoms with Gasteiger partial charge in [-0.25, -0.2) is 0 Å². The number of benzene rings is 2. The molecule has 0 radical (unpaired) electrons. The Bertz CT molecular complexity index is 1100. The van der Waals surface area contributed by atoms with Gasteiger partial charge >= 0.3 is 0 Å². The van der Waals surface area contributed by atoms with E-state index in [0.717, 1.165) is 37.1 Å². The van der Waals surface area contributed by atoms with Gasteiger partial charge in [-0.1, -0.05) is 18.2 Å². The summed E-state index contributed by atoms with van der Waals surface area (Å²) in [7, 11) is 1.67. The average molecular weight is 365 g/mol. The minimum atomic E-state index is -0.0778. The topological polar surface area (TPSA) is 56.1 Å². The van der Waals surface area contributed by atoms with Crippen LogP contribution in [0.5, 0.6) is 0 Å². The smallest absolute Gasteiger partial charge is 0.266 e. The molecule has 4 rings (SSSR count). The number of thiophene rings is 1. The molecule has 2 aromatic heterocycles. The lowest BCUT2D eigenvalue weighted by atomic mass is 10.1. The third-order valence-electron chi connectivity index (χ3n) is 4.46. The van der Waals surface area contributed by atoms with Crippen LogP contribution in [0.4, 0.5) is 5.69 Å². The second-order valence-corrected chi connectivity index (χ2v) is 7.19. The van der Waals surface area contributed by atoms with Crippen molar-refractivity contribution in [2.45, 2.75) is 13.5 Å². The fourth-order valence-electron chi connectivity index (χ4n) is 3.08. The van der Waals surface area contributed by atoms with E-state index >= 15 is 0 Å². The first-order valence-electron chi connectivity index (χ1n) is 8.41. The summed E-state index contributed by atoms with van der Waals surface area (Å²) < 4.78 is 8.15. The summed E-state index contributed by atoms with van der Waals surface area (Å²) in [6.07, 6.45) is 1.83. The van der Waals surface area contributed by atoms with Crippen molar-refractivity contribution in [1.29, 1.82) is 0 Å². The van der Waals surface area contributed by atoms with Crippen molar-refractivity contribution in [2.75, 3.05) is 19.0 Å². The van der Waals surface area contributed by atoms with Gasteiger partial charge in [0.2, 0.25) is 0 Å². The van der Waals surface area contributed by atoms with Crippen LogP contribution in [0, 0.1) is 6.92 Å². The molecule has 4 aromatic rings. The molecule has 1 amide bonds. The number of fused-ring (bicyclic) bond motifs is 2. The monoisotopic (exact) mass is 365 g/mol. The van der Waals surface area contributed by atoms with Crippen molar-refractivity contribution in [3.8, 4) is 0 Å². The molecule has 0 fully saturated rings. The molecule has 5 nitrogen and oxygen atoms in total. The first kappa shape index (κ1) is 16.8. The third-order valence-corrected chi connectivity index (χ3v) is 5.73. The van der Waals surface area contributed by atoms with Crippen LogP contribution in [0.1, 0.15) is 15.2 Å². The van der Waals surface area contributed by atoms with E-state index in [4.69, 9.17) is 4.74 Å². The first-order valence-corrected chi connectivity index (χ1v) is 9.23. The second kappa shape index (κ2) is 6.90. The van der Waals surface area contributed by atoms with E-state index in [2.05, 4.69) is 16.5 Å². The zero-order valence-electron chi connectivity index (χ0n) is 14.7. The van der Waals surface area contributed by atoms with Gasteiger partial charge in [0.25, 0.3) is 5.91 Å². The molecule has 132 valence electrons. The van der Waals surface area contributed by atoms with Crippen molar-refractivity contribution in [3.05, 3.63) is 59.1 Å². The number of hydrogen-bond acceptors (Lipinski definition) is 4. The Morgan fingerprint density at radius 3 is 2.92 bits per heavy atom. The van der Waals surface area contributed by atoms with E-state index in [-0.39, 0.29) is 5.91 Å². The number of ether oxygens (including phenoxy) is 1. The average Bonchev–Trinajstić information content (AvgIpc) is 3.21. The van der Waals surface area contributed by atoms with E-state index in [1.54, 1.807) is 7.11 Å². The summed E-state index contributed by atoms with van der Waals surface area (Å²) in [5.74, 6) is -0.0778. The molecule has 0 aliphatic heterocycles. The molecule has 0 atom stereocenters. The summed E-state index contributed by atoms with van der Waals surface area (Å²) in [5.41, 5.74) is 2.76. The number of aryl methyl sites for hydroxylation is 1. The van der Waals surface area contributed by atoms with Crippen LogP contribution in [-0.2, 0) is 11.3 Å². The summed E-state index contributed by atoms with van der Waals surface area (Å²) in [6, 6.07) is 13.9. The van der Waals surface area contributed by atoms with Crippen LogP contribution in [0.2, 0.25) is 0 Å². The van der Waals surface area contributed by atoms with Crippen LogP contribution in [-0.4, -0.2) is 29.4 Å². The van der Waals surface area contributed by atoms with Gasteiger partial charge in [0.05, 0.1) is 29.7 Å². The highest BCUT2D eigenvalue weighted by Gasteiger charge is 2.15. The Labute approximate surface area is 155 Å².